The van der Waals surface area contributed by atoms with Gasteiger partial charge in [-0.25, -0.2) is 0 Å². The fourth-order valence-electron chi connectivity index (χ4n) is 2.09. The van der Waals surface area contributed by atoms with Crippen molar-refractivity contribution in [2.75, 3.05) is 5.73 Å². The van der Waals surface area contributed by atoms with Crippen LogP contribution in [0.5, 0.6) is 0 Å². The van der Waals surface area contributed by atoms with Crippen molar-refractivity contribution in [2.24, 2.45) is 0 Å². The number of hydrogen-bond acceptors (Lipinski definition) is 2. The molecule has 1 aromatic heterocycles. The van der Waals surface area contributed by atoms with Crippen molar-refractivity contribution in [1.82, 2.24) is 4.98 Å². The van der Waals surface area contributed by atoms with E-state index >= 15 is 0 Å². The standard InChI is InChI=1S/C15H12N2O.BrH/c16-13-8-4-7-11-12(13)9-14(17-15(11)18)10-5-2-1-3-6-10;/h1-9H,16H2,(H,17,18);1H. The van der Waals surface area contributed by atoms with E-state index in [1.807, 2.05) is 36.4 Å². The third-order valence-electron chi connectivity index (χ3n) is 3.01. The fourth-order valence-corrected chi connectivity index (χ4v) is 2.09. The number of aromatic nitrogens is 1. The molecule has 4 heteroatoms. The predicted octanol–water partition coefficient (Wildman–Crippen LogP) is 3.36. The molecule has 3 N–H and O–H groups in total. The summed E-state index contributed by atoms with van der Waals surface area (Å²) in [6.45, 7) is 0. The van der Waals surface area contributed by atoms with Gasteiger partial charge in [0.1, 0.15) is 0 Å². The molecule has 0 spiro atoms. The van der Waals surface area contributed by atoms with E-state index in [0.717, 1.165) is 16.6 Å². The average molecular weight is 317 g/mol. The average Bonchev–Trinajstić information content (AvgIpc) is 2.41. The normalized spacial score (nSPS) is 10.1. The van der Waals surface area contributed by atoms with Crippen LogP contribution in [0.2, 0.25) is 0 Å². The van der Waals surface area contributed by atoms with E-state index in [9.17, 15) is 4.79 Å². The molecule has 0 amide bonds. The monoisotopic (exact) mass is 316 g/mol. The third kappa shape index (κ3) is 2.39. The third-order valence-corrected chi connectivity index (χ3v) is 3.01. The minimum absolute atomic E-state index is 0. The molecule has 0 saturated heterocycles. The Morgan fingerprint density at radius 3 is 2.37 bits per heavy atom. The van der Waals surface area contributed by atoms with Crippen molar-refractivity contribution in [2.45, 2.75) is 0 Å². The smallest absolute Gasteiger partial charge is 0.256 e. The highest BCUT2D eigenvalue weighted by atomic mass is 79.9. The quantitative estimate of drug-likeness (QED) is 0.676. The van der Waals surface area contributed by atoms with Gasteiger partial charge in [-0.05, 0) is 23.8 Å². The Morgan fingerprint density at radius 1 is 0.895 bits per heavy atom. The first-order chi connectivity index (χ1) is 8.75. The van der Waals surface area contributed by atoms with E-state index in [1.165, 1.54) is 0 Å². The number of nitrogen functional groups attached to an aromatic ring is 1. The van der Waals surface area contributed by atoms with Crippen molar-refractivity contribution in [3.05, 3.63) is 65.0 Å². The Balaban J connectivity index is 0.00000133. The number of anilines is 1. The van der Waals surface area contributed by atoms with Gasteiger partial charge in [0.2, 0.25) is 0 Å². The number of nitrogens with one attached hydrogen (secondary N) is 1. The largest absolute Gasteiger partial charge is 0.398 e. The van der Waals surface area contributed by atoms with E-state index in [-0.39, 0.29) is 22.5 Å². The van der Waals surface area contributed by atoms with E-state index in [1.54, 1.807) is 18.2 Å². The summed E-state index contributed by atoms with van der Waals surface area (Å²) < 4.78 is 0. The lowest BCUT2D eigenvalue weighted by atomic mass is 10.1. The van der Waals surface area contributed by atoms with Gasteiger partial charge < -0.3 is 10.7 Å². The Labute approximate surface area is 120 Å². The second-order valence-corrected chi connectivity index (χ2v) is 4.19. The minimum atomic E-state index is -0.112. The van der Waals surface area contributed by atoms with Crippen LogP contribution in [0.15, 0.2) is 59.4 Å². The van der Waals surface area contributed by atoms with Gasteiger partial charge in [0.05, 0.1) is 0 Å². The number of pyridine rings is 1. The first kappa shape index (κ1) is 13.4. The van der Waals surface area contributed by atoms with Crippen LogP contribution < -0.4 is 11.3 Å². The molecule has 0 bridgehead atoms. The maximum Gasteiger partial charge on any atom is 0.256 e. The summed E-state index contributed by atoms with van der Waals surface area (Å²) in [6.07, 6.45) is 0. The molecule has 3 rings (SSSR count). The topological polar surface area (TPSA) is 58.9 Å². The molecule has 0 unspecified atom stereocenters. The van der Waals surface area contributed by atoms with Crippen molar-refractivity contribution in [3.63, 3.8) is 0 Å². The molecule has 0 fully saturated rings. The van der Waals surface area contributed by atoms with Gasteiger partial charge in [0.15, 0.2) is 0 Å². The molecule has 0 aliphatic rings. The lowest BCUT2D eigenvalue weighted by molar-refractivity contribution is 1.28. The molecule has 0 aliphatic carbocycles. The summed E-state index contributed by atoms with van der Waals surface area (Å²) in [5.74, 6) is 0. The Hall–Kier alpha value is -2.07. The van der Waals surface area contributed by atoms with E-state index in [4.69, 9.17) is 5.73 Å². The molecule has 0 atom stereocenters. The summed E-state index contributed by atoms with van der Waals surface area (Å²) >= 11 is 0. The van der Waals surface area contributed by atoms with Gasteiger partial charge in [-0.3, -0.25) is 4.79 Å². The zero-order valence-electron chi connectivity index (χ0n) is 10.1. The predicted molar refractivity (Wildman–Crippen MR) is 84.7 cm³/mol. The minimum Gasteiger partial charge on any atom is -0.398 e. The molecule has 19 heavy (non-hydrogen) atoms. The first-order valence-electron chi connectivity index (χ1n) is 5.72. The van der Waals surface area contributed by atoms with Crippen LogP contribution in [0.25, 0.3) is 22.0 Å². The van der Waals surface area contributed by atoms with Crippen LogP contribution >= 0.6 is 17.0 Å². The number of hydrogen-bond donors (Lipinski definition) is 2. The second-order valence-electron chi connectivity index (χ2n) is 4.19. The number of aromatic amines is 1. The van der Waals surface area contributed by atoms with Gasteiger partial charge >= 0.3 is 0 Å². The zero-order chi connectivity index (χ0) is 12.5. The molecule has 0 aliphatic heterocycles. The summed E-state index contributed by atoms with van der Waals surface area (Å²) in [4.78, 5) is 14.9. The zero-order valence-corrected chi connectivity index (χ0v) is 11.8. The molecule has 3 aromatic rings. The van der Waals surface area contributed by atoms with Crippen LogP contribution in [0.3, 0.4) is 0 Å². The maximum atomic E-state index is 12.0. The van der Waals surface area contributed by atoms with Crippen molar-refractivity contribution < 1.29 is 0 Å². The van der Waals surface area contributed by atoms with Crippen LogP contribution in [-0.4, -0.2) is 4.98 Å². The van der Waals surface area contributed by atoms with Crippen LogP contribution in [0.4, 0.5) is 5.69 Å². The lowest BCUT2D eigenvalue weighted by Crippen LogP contribution is -2.08. The number of rotatable bonds is 1. The summed E-state index contributed by atoms with van der Waals surface area (Å²) in [7, 11) is 0. The van der Waals surface area contributed by atoms with Crippen LogP contribution in [-0.2, 0) is 0 Å². The van der Waals surface area contributed by atoms with Crippen LogP contribution in [0, 0.1) is 0 Å². The SMILES string of the molecule is Br.Nc1cccc2c(=O)[nH]c(-c3ccccc3)cc12. The molecular formula is C15H13BrN2O. The first-order valence-corrected chi connectivity index (χ1v) is 5.72. The van der Waals surface area contributed by atoms with Crippen molar-refractivity contribution in [3.8, 4) is 11.3 Å². The molecular weight excluding hydrogens is 304 g/mol. The number of H-pyrrole nitrogens is 1. The van der Waals surface area contributed by atoms with Gasteiger partial charge in [-0.1, -0.05) is 36.4 Å². The Bertz CT molecular complexity index is 766. The van der Waals surface area contributed by atoms with Gasteiger partial charge in [-0.2, -0.15) is 0 Å². The molecule has 0 radical (unpaired) electrons. The highest BCUT2D eigenvalue weighted by Gasteiger charge is 2.05. The molecule has 0 saturated carbocycles. The molecule has 3 nitrogen and oxygen atoms in total. The number of halogens is 1. The highest BCUT2D eigenvalue weighted by molar-refractivity contribution is 8.93. The van der Waals surface area contributed by atoms with E-state index in [2.05, 4.69) is 4.98 Å². The lowest BCUT2D eigenvalue weighted by Gasteiger charge is -2.05. The second kappa shape index (κ2) is 5.28. The van der Waals surface area contributed by atoms with Gasteiger partial charge in [0.25, 0.3) is 5.56 Å². The Morgan fingerprint density at radius 2 is 1.63 bits per heavy atom. The van der Waals surface area contributed by atoms with Gasteiger partial charge in [-0.15, -0.1) is 17.0 Å². The van der Waals surface area contributed by atoms with Crippen molar-refractivity contribution in [1.29, 1.82) is 0 Å². The van der Waals surface area contributed by atoms with E-state index in [0.29, 0.717) is 11.1 Å². The van der Waals surface area contributed by atoms with Crippen LogP contribution in [0.1, 0.15) is 0 Å². The highest BCUT2D eigenvalue weighted by Crippen LogP contribution is 2.23. The molecule has 1 heterocycles. The van der Waals surface area contributed by atoms with Gasteiger partial charge in [0, 0.05) is 22.2 Å². The molecule has 2 aromatic carbocycles. The summed E-state index contributed by atoms with van der Waals surface area (Å²) in [5.41, 5.74) is 8.18. The molecule has 96 valence electrons. The fraction of sp³-hybridized carbons (Fsp3) is 0. The number of benzene rings is 2. The summed E-state index contributed by atoms with van der Waals surface area (Å²) in [5, 5.41) is 1.41. The van der Waals surface area contributed by atoms with E-state index < -0.39 is 0 Å². The summed E-state index contributed by atoms with van der Waals surface area (Å²) in [6, 6.07) is 17.0. The number of fused-ring (bicyclic) bond motifs is 1. The number of nitrogens with two attached hydrogens (primary N) is 1. The Kier molecular flexibility index (Phi) is 3.71. The van der Waals surface area contributed by atoms with Crippen molar-refractivity contribution >= 4 is 33.4 Å². The maximum absolute atomic E-state index is 12.0.